The number of benzene rings is 1. The Bertz CT molecular complexity index is 668. The SMILES string of the molecule is S=C1CN=C(c2ccccn2)c2cc(Cl)ccc2N1. The quantitative estimate of drug-likeness (QED) is 0.818. The number of benzodiazepines with no additional fused rings is 1. The number of anilines is 1. The topological polar surface area (TPSA) is 37.3 Å². The summed E-state index contributed by atoms with van der Waals surface area (Å²) in [5.41, 5.74) is 3.46. The molecule has 94 valence electrons. The highest BCUT2D eigenvalue weighted by Crippen LogP contribution is 2.25. The molecule has 0 radical (unpaired) electrons. The number of pyridine rings is 1. The molecule has 0 saturated carbocycles. The smallest absolute Gasteiger partial charge is 0.102 e. The van der Waals surface area contributed by atoms with Gasteiger partial charge in [0.1, 0.15) is 4.99 Å². The van der Waals surface area contributed by atoms with Crippen molar-refractivity contribution in [2.45, 2.75) is 0 Å². The van der Waals surface area contributed by atoms with Gasteiger partial charge in [0.05, 0.1) is 18.0 Å². The van der Waals surface area contributed by atoms with Gasteiger partial charge >= 0.3 is 0 Å². The molecule has 1 aliphatic heterocycles. The summed E-state index contributed by atoms with van der Waals surface area (Å²) >= 11 is 11.3. The van der Waals surface area contributed by atoms with E-state index in [9.17, 15) is 0 Å². The van der Waals surface area contributed by atoms with E-state index < -0.39 is 0 Å². The van der Waals surface area contributed by atoms with Crippen LogP contribution in [0.15, 0.2) is 47.6 Å². The number of halogens is 1. The Morgan fingerprint density at radius 3 is 2.89 bits per heavy atom. The largest absolute Gasteiger partial charge is 0.348 e. The van der Waals surface area contributed by atoms with Gasteiger partial charge in [0.25, 0.3) is 0 Å². The van der Waals surface area contributed by atoms with Crippen LogP contribution in [0.4, 0.5) is 5.69 Å². The predicted molar refractivity (Wildman–Crippen MR) is 82.4 cm³/mol. The zero-order valence-electron chi connectivity index (χ0n) is 9.93. The lowest BCUT2D eigenvalue weighted by Crippen LogP contribution is -2.10. The molecule has 0 saturated heterocycles. The van der Waals surface area contributed by atoms with Crippen LogP contribution in [-0.4, -0.2) is 22.2 Å². The highest BCUT2D eigenvalue weighted by atomic mass is 35.5. The Morgan fingerprint density at radius 1 is 1.21 bits per heavy atom. The van der Waals surface area contributed by atoms with E-state index in [1.54, 1.807) is 6.20 Å². The fraction of sp³-hybridized carbons (Fsp3) is 0.0714. The summed E-state index contributed by atoms with van der Waals surface area (Å²) in [5, 5.41) is 3.84. The lowest BCUT2D eigenvalue weighted by molar-refractivity contribution is 1.25. The summed E-state index contributed by atoms with van der Waals surface area (Å²) in [6.07, 6.45) is 1.75. The van der Waals surface area contributed by atoms with Crippen molar-refractivity contribution in [3.63, 3.8) is 0 Å². The molecule has 0 amide bonds. The number of nitrogens with one attached hydrogen (secondary N) is 1. The first-order chi connectivity index (χ1) is 9.24. The molecule has 19 heavy (non-hydrogen) atoms. The maximum atomic E-state index is 6.08. The van der Waals surface area contributed by atoms with Gasteiger partial charge in [-0.1, -0.05) is 29.9 Å². The number of aromatic nitrogens is 1. The summed E-state index contributed by atoms with van der Waals surface area (Å²) in [6, 6.07) is 11.4. The van der Waals surface area contributed by atoms with E-state index >= 15 is 0 Å². The van der Waals surface area contributed by atoms with Crippen LogP contribution in [0.2, 0.25) is 5.02 Å². The van der Waals surface area contributed by atoms with Crippen LogP contribution < -0.4 is 5.32 Å². The first-order valence-corrected chi connectivity index (χ1v) is 6.58. The second-order valence-corrected chi connectivity index (χ2v) is 5.05. The zero-order chi connectivity index (χ0) is 13.2. The number of hydrogen-bond donors (Lipinski definition) is 1. The Hall–Kier alpha value is -1.78. The molecule has 1 aromatic heterocycles. The van der Waals surface area contributed by atoms with Crippen molar-refractivity contribution in [2.75, 3.05) is 11.9 Å². The van der Waals surface area contributed by atoms with E-state index in [1.165, 1.54) is 0 Å². The summed E-state index contributed by atoms with van der Waals surface area (Å²) in [5.74, 6) is 0. The summed E-state index contributed by atoms with van der Waals surface area (Å²) in [6.45, 7) is 0.452. The van der Waals surface area contributed by atoms with E-state index in [2.05, 4.69) is 15.3 Å². The summed E-state index contributed by atoms with van der Waals surface area (Å²) < 4.78 is 0. The van der Waals surface area contributed by atoms with Crippen LogP contribution in [-0.2, 0) is 0 Å². The molecule has 0 bridgehead atoms. The molecule has 0 atom stereocenters. The highest BCUT2D eigenvalue weighted by molar-refractivity contribution is 7.80. The number of thiocarbonyl (C=S) groups is 1. The van der Waals surface area contributed by atoms with Crippen molar-refractivity contribution < 1.29 is 0 Å². The number of rotatable bonds is 1. The van der Waals surface area contributed by atoms with Gasteiger partial charge in [-0.05, 0) is 30.3 Å². The van der Waals surface area contributed by atoms with Crippen LogP contribution in [0.25, 0.3) is 0 Å². The Morgan fingerprint density at radius 2 is 2.11 bits per heavy atom. The van der Waals surface area contributed by atoms with Gasteiger partial charge in [0.2, 0.25) is 0 Å². The second-order valence-electron chi connectivity index (χ2n) is 4.12. The van der Waals surface area contributed by atoms with Gasteiger partial charge in [-0.25, -0.2) is 0 Å². The molecule has 0 aliphatic carbocycles. The lowest BCUT2D eigenvalue weighted by Gasteiger charge is -2.10. The van der Waals surface area contributed by atoms with Gasteiger partial charge < -0.3 is 5.32 Å². The minimum Gasteiger partial charge on any atom is -0.348 e. The summed E-state index contributed by atoms with van der Waals surface area (Å²) in [7, 11) is 0. The predicted octanol–water partition coefficient (Wildman–Crippen LogP) is 3.33. The van der Waals surface area contributed by atoms with Crippen molar-refractivity contribution >= 4 is 40.2 Å². The minimum atomic E-state index is 0.452. The first kappa shape index (κ1) is 12.3. The molecule has 0 unspecified atom stereocenters. The maximum absolute atomic E-state index is 6.08. The maximum Gasteiger partial charge on any atom is 0.102 e. The zero-order valence-corrected chi connectivity index (χ0v) is 11.5. The average Bonchev–Trinajstić information content (AvgIpc) is 2.58. The Kier molecular flexibility index (Phi) is 3.27. The molecular weight excluding hydrogens is 278 g/mol. The van der Waals surface area contributed by atoms with Crippen LogP contribution >= 0.6 is 23.8 Å². The van der Waals surface area contributed by atoms with E-state index in [-0.39, 0.29) is 0 Å². The number of nitrogens with zero attached hydrogens (tertiary/aromatic N) is 2. The van der Waals surface area contributed by atoms with Crippen molar-refractivity contribution in [3.8, 4) is 0 Å². The molecule has 2 heterocycles. The number of fused-ring (bicyclic) bond motifs is 1. The molecule has 1 aliphatic rings. The molecule has 1 N–H and O–H groups in total. The molecule has 5 heteroatoms. The Labute approximate surface area is 121 Å². The van der Waals surface area contributed by atoms with Crippen molar-refractivity contribution in [2.24, 2.45) is 4.99 Å². The third-order valence-electron chi connectivity index (χ3n) is 2.80. The third-order valence-corrected chi connectivity index (χ3v) is 3.27. The molecule has 1 aromatic carbocycles. The van der Waals surface area contributed by atoms with Crippen molar-refractivity contribution in [1.29, 1.82) is 0 Å². The van der Waals surface area contributed by atoms with Crippen molar-refractivity contribution in [3.05, 3.63) is 58.9 Å². The minimum absolute atomic E-state index is 0.452. The fourth-order valence-corrected chi connectivity index (χ4v) is 2.32. The van der Waals surface area contributed by atoms with E-state index in [1.807, 2.05) is 36.4 Å². The Balaban J connectivity index is 2.20. The fourth-order valence-electron chi connectivity index (χ4n) is 1.97. The van der Waals surface area contributed by atoms with Gasteiger partial charge in [0, 0.05) is 22.5 Å². The number of aliphatic imine (C=N–C) groups is 1. The molecule has 2 aromatic rings. The number of hydrogen-bond acceptors (Lipinski definition) is 3. The lowest BCUT2D eigenvalue weighted by atomic mass is 10.0. The summed E-state index contributed by atoms with van der Waals surface area (Å²) in [4.78, 5) is 9.59. The monoisotopic (exact) mass is 287 g/mol. The van der Waals surface area contributed by atoms with Crippen LogP contribution in [0, 0.1) is 0 Å². The molecule has 0 fully saturated rings. The van der Waals surface area contributed by atoms with E-state index in [0.717, 1.165) is 22.7 Å². The highest BCUT2D eigenvalue weighted by Gasteiger charge is 2.17. The van der Waals surface area contributed by atoms with E-state index in [4.69, 9.17) is 23.8 Å². The van der Waals surface area contributed by atoms with Crippen LogP contribution in [0.3, 0.4) is 0 Å². The van der Waals surface area contributed by atoms with Gasteiger partial charge in [-0.15, -0.1) is 0 Å². The molecule has 3 nitrogen and oxygen atoms in total. The van der Waals surface area contributed by atoms with E-state index in [0.29, 0.717) is 16.6 Å². The molecular formula is C14H10ClN3S. The van der Waals surface area contributed by atoms with Crippen LogP contribution in [0.1, 0.15) is 11.3 Å². The van der Waals surface area contributed by atoms with Gasteiger partial charge in [-0.3, -0.25) is 9.98 Å². The van der Waals surface area contributed by atoms with Crippen molar-refractivity contribution in [1.82, 2.24) is 4.98 Å². The molecule has 3 rings (SSSR count). The second kappa shape index (κ2) is 5.07. The standard InChI is InChI=1S/C14H10ClN3S/c15-9-4-5-11-10(7-9)14(17-8-13(19)18-11)12-3-1-2-6-16-12/h1-7H,8H2,(H,18,19). The third kappa shape index (κ3) is 2.50. The van der Waals surface area contributed by atoms with Gasteiger partial charge in [-0.2, -0.15) is 0 Å². The average molecular weight is 288 g/mol. The molecule has 0 spiro atoms. The normalized spacial score (nSPS) is 14.2. The first-order valence-electron chi connectivity index (χ1n) is 5.80. The van der Waals surface area contributed by atoms with Gasteiger partial charge in [0.15, 0.2) is 0 Å². The van der Waals surface area contributed by atoms with Crippen LogP contribution in [0.5, 0.6) is 0 Å².